The zero-order chi connectivity index (χ0) is 23.7. The zero-order valence-corrected chi connectivity index (χ0v) is 19.8. The number of hydrogen-bond acceptors (Lipinski definition) is 5. The number of nitrogens with one attached hydrogen (secondary N) is 1. The highest BCUT2D eigenvalue weighted by molar-refractivity contribution is 7.92. The van der Waals surface area contributed by atoms with Gasteiger partial charge in [-0.15, -0.1) is 0 Å². The topological polar surface area (TPSA) is 96.0 Å². The standard InChI is InChI=1S/C23H31N3O5S/c1-5-24-23(28)18(3)25(16-19-10-8-7-9-11-19)22(27)17-26(32(4,29)30)20-12-14-21(15-13-20)31-6-2/h7-15,18H,5-6,16-17H2,1-4H3,(H,24,28). The van der Waals surface area contributed by atoms with E-state index < -0.39 is 28.5 Å². The van der Waals surface area contributed by atoms with Crippen LogP contribution in [0.15, 0.2) is 54.6 Å². The lowest BCUT2D eigenvalue weighted by atomic mass is 10.1. The van der Waals surface area contributed by atoms with Crippen LogP contribution in [0.1, 0.15) is 26.3 Å². The number of carbonyl (C=O) groups excluding carboxylic acids is 2. The number of benzene rings is 2. The lowest BCUT2D eigenvalue weighted by molar-refractivity contribution is -0.139. The van der Waals surface area contributed by atoms with E-state index in [0.717, 1.165) is 16.1 Å². The van der Waals surface area contributed by atoms with E-state index in [1.807, 2.05) is 37.3 Å². The van der Waals surface area contributed by atoms with Crippen molar-refractivity contribution in [1.82, 2.24) is 10.2 Å². The van der Waals surface area contributed by atoms with Gasteiger partial charge < -0.3 is 15.0 Å². The van der Waals surface area contributed by atoms with E-state index in [0.29, 0.717) is 24.6 Å². The maximum absolute atomic E-state index is 13.3. The summed E-state index contributed by atoms with van der Waals surface area (Å²) < 4.78 is 31.5. The Hall–Kier alpha value is -3.07. The number of ether oxygens (including phenoxy) is 1. The molecule has 0 saturated carbocycles. The summed E-state index contributed by atoms with van der Waals surface area (Å²) in [6.07, 6.45) is 1.05. The molecule has 0 saturated heterocycles. The highest BCUT2D eigenvalue weighted by Crippen LogP contribution is 2.22. The summed E-state index contributed by atoms with van der Waals surface area (Å²) in [7, 11) is -3.76. The molecule has 1 N–H and O–H groups in total. The number of sulfonamides is 1. The van der Waals surface area contributed by atoms with Crippen molar-refractivity contribution in [2.75, 3.05) is 30.3 Å². The van der Waals surface area contributed by atoms with Gasteiger partial charge in [-0.2, -0.15) is 0 Å². The van der Waals surface area contributed by atoms with Crippen molar-refractivity contribution in [3.63, 3.8) is 0 Å². The summed E-state index contributed by atoms with van der Waals surface area (Å²) in [6, 6.07) is 15.0. The highest BCUT2D eigenvalue weighted by Gasteiger charge is 2.29. The molecule has 0 radical (unpaired) electrons. The second-order valence-corrected chi connectivity index (χ2v) is 9.18. The molecule has 2 aromatic rings. The van der Waals surface area contributed by atoms with Crippen LogP contribution in [0.2, 0.25) is 0 Å². The van der Waals surface area contributed by atoms with Crippen LogP contribution in [0.3, 0.4) is 0 Å². The molecular formula is C23H31N3O5S. The summed E-state index contributed by atoms with van der Waals surface area (Å²) in [5.41, 5.74) is 1.18. The van der Waals surface area contributed by atoms with Crippen molar-refractivity contribution in [3.8, 4) is 5.75 Å². The molecule has 32 heavy (non-hydrogen) atoms. The molecule has 0 heterocycles. The van der Waals surface area contributed by atoms with Gasteiger partial charge >= 0.3 is 0 Å². The fourth-order valence-corrected chi connectivity index (χ4v) is 4.02. The molecule has 1 unspecified atom stereocenters. The van der Waals surface area contributed by atoms with Gasteiger partial charge in [0.25, 0.3) is 0 Å². The third-order valence-electron chi connectivity index (χ3n) is 4.83. The number of nitrogens with zero attached hydrogens (tertiary/aromatic N) is 2. The van der Waals surface area contributed by atoms with Crippen molar-refractivity contribution in [2.24, 2.45) is 0 Å². The van der Waals surface area contributed by atoms with Gasteiger partial charge in [-0.25, -0.2) is 8.42 Å². The maximum Gasteiger partial charge on any atom is 0.244 e. The molecule has 2 aromatic carbocycles. The molecule has 8 nitrogen and oxygen atoms in total. The second kappa shape index (κ2) is 11.5. The zero-order valence-electron chi connectivity index (χ0n) is 18.9. The van der Waals surface area contributed by atoms with Gasteiger partial charge in [-0.1, -0.05) is 30.3 Å². The minimum Gasteiger partial charge on any atom is -0.494 e. The molecule has 0 aliphatic carbocycles. The molecule has 0 aromatic heterocycles. The van der Waals surface area contributed by atoms with E-state index in [1.165, 1.54) is 4.90 Å². The van der Waals surface area contributed by atoms with Crippen molar-refractivity contribution in [2.45, 2.75) is 33.4 Å². The first-order valence-corrected chi connectivity index (χ1v) is 12.3. The van der Waals surface area contributed by atoms with E-state index >= 15 is 0 Å². The van der Waals surface area contributed by atoms with Crippen LogP contribution in [0.4, 0.5) is 5.69 Å². The first-order chi connectivity index (χ1) is 15.2. The Labute approximate surface area is 190 Å². The van der Waals surface area contributed by atoms with Crippen LogP contribution < -0.4 is 14.4 Å². The average Bonchev–Trinajstić information content (AvgIpc) is 2.76. The Morgan fingerprint density at radius 2 is 1.66 bits per heavy atom. The quantitative estimate of drug-likeness (QED) is 0.554. The van der Waals surface area contributed by atoms with Crippen molar-refractivity contribution < 1.29 is 22.7 Å². The molecule has 0 fully saturated rings. The van der Waals surface area contributed by atoms with Crippen LogP contribution in [0, 0.1) is 0 Å². The fourth-order valence-electron chi connectivity index (χ4n) is 3.17. The molecule has 9 heteroatoms. The normalized spacial score (nSPS) is 12.0. The van der Waals surface area contributed by atoms with E-state index in [4.69, 9.17) is 4.74 Å². The van der Waals surface area contributed by atoms with Gasteiger partial charge in [0.1, 0.15) is 18.3 Å². The Bertz CT molecular complexity index is 994. The van der Waals surface area contributed by atoms with Gasteiger partial charge in [-0.3, -0.25) is 13.9 Å². The number of amides is 2. The molecule has 0 aliphatic heterocycles. The number of carbonyl (C=O) groups is 2. The van der Waals surface area contributed by atoms with Crippen LogP contribution in [0.5, 0.6) is 5.75 Å². The van der Waals surface area contributed by atoms with Crippen LogP contribution in [-0.2, 0) is 26.2 Å². The monoisotopic (exact) mass is 461 g/mol. The van der Waals surface area contributed by atoms with E-state index in [-0.39, 0.29) is 12.5 Å². The van der Waals surface area contributed by atoms with Gasteiger partial charge in [0, 0.05) is 13.1 Å². The Balaban J connectivity index is 2.33. The summed E-state index contributed by atoms with van der Waals surface area (Å²) in [5.74, 6) is -0.178. The van der Waals surface area contributed by atoms with E-state index in [2.05, 4.69) is 5.32 Å². The van der Waals surface area contributed by atoms with Crippen molar-refractivity contribution >= 4 is 27.5 Å². The number of rotatable bonds is 11. The van der Waals surface area contributed by atoms with Crippen LogP contribution in [0.25, 0.3) is 0 Å². The fraction of sp³-hybridized carbons (Fsp3) is 0.391. The summed E-state index contributed by atoms with van der Waals surface area (Å²) >= 11 is 0. The lowest BCUT2D eigenvalue weighted by Gasteiger charge is -2.31. The number of likely N-dealkylation sites (N-methyl/N-ethyl adjacent to an activating group) is 1. The SMILES string of the molecule is CCNC(=O)C(C)N(Cc1ccccc1)C(=O)CN(c1ccc(OCC)cc1)S(C)(=O)=O. The first-order valence-electron chi connectivity index (χ1n) is 10.5. The minimum absolute atomic E-state index is 0.179. The van der Waals surface area contributed by atoms with Crippen LogP contribution in [-0.4, -0.2) is 57.1 Å². The highest BCUT2D eigenvalue weighted by atomic mass is 32.2. The predicted octanol–water partition coefficient (Wildman–Crippen LogP) is 2.40. The Kier molecular flexibility index (Phi) is 9.07. The first kappa shape index (κ1) is 25.2. The van der Waals surface area contributed by atoms with Gasteiger partial charge in [-0.05, 0) is 50.6 Å². The summed E-state index contributed by atoms with van der Waals surface area (Å²) in [4.78, 5) is 27.2. The molecular weight excluding hydrogens is 430 g/mol. The molecule has 1 atom stereocenters. The molecule has 2 rings (SSSR count). The molecule has 0 spiro atoms. The minimum atomic E-state index is -3.76. The third-order valence-corrected chi connectivity index (χ3v) is 5.97. The summed E-state index contributed by atoms with van der Waals surface area (Å²) in [6.45, 7) is 5.95. The average molecular weight is 462 g/mol. The molecule has 0 bridgehead atoms. The molecule has 174 valence electrons. The van der Waals surface area contributed by atoms with E-state index in [1.54, 1.807) is 38.1 Å². The molecule has 0 aliphatic rings. The molecule has 2 amide bonds. The number of hydrogen-bond donors (Lipinski definition) is 1. The third kappa shape index (κ3) is 6.98. The smallest absolute Gasteiger partial charge is 0.244 e. The Morgan fingerprint density at radius 3 is 2.19 bits per heavy atom. The van der Waals surface area contributed by atoms with Crippen molar-refractivity contribution in [1.29, 1.82) is 0 Å². The van der Waals surface area contributed by atoms with Crippen molar-refractivity contribution in [3.05, 3.63) is 60.2 Å². The van der Waals surface area contributed by atoms with E-state index in [9.17, 15) is 18.0 Å². The van der Waals surface area contributed by atoms with Gasteiger partial charge in [0.05, 0.1) is 18.6 Å². The summed E-state index contributed by atoms with van der Waals surface area (Å²) in [5, 5.41) is 2.72. The lowest BCUT2D eigenvalue weighted by Crippen LogP contribution is -2.51. The predicted molar refractivity (Wildman–Crippen MR) is 125 cm³/mol. The Morgan fingerprint density at radius 1 is 1.03 bits per heavy atom. The maximum atomic E-state index is 13.3. The van der Waals surface area contributed by atoms with Crippen LogP contribution >= 0.6 is 0 Å². The largest absolute Gasteiger partial charge is 0.494 e. The van der Waals surface area contributed by atoms with Gasteiger partial charge in [0.15, 0.2) is 0 Å². The second-order valence-electron chi connectivity index (χ2n) is 7.27. The number of anilines is 1. The van der Waals surface area contributed by atoms with Gasteiger partial charge in [0.2, 0.25) is 21.8 Å².